The van der Waals surface area contributed by atoms with E-state index in [1.807, 2.05) is 0 Å². The van der Waals surface area contributed by atoms with Gasteiger partial charge in [0.1, 0.15) is 17.4 Å². The van der Waals surface area contributed by atoms with Crippen LogP contribution in [0.25, 0.3) is 0 Å². The summed E-state index contributed by atoms with van der Waals surface area (Å²) < 4.78 is 39.0. The second-order valence-corrected chi connectivity index (χ2v) is 4.97. The second-order valence-electron chi connectivity index (χ2n) is 4.97. The molecule has 2 aromatic rings. The summed E-state index contributed by atoms with van der Waals surface area (Å²) in [5.41, 5.74) is -0.215. The van der Waals surface area contributed by atoms with Crippen LogP contribution in [0.3, 0.4) is 0 Å². The predicted molar refractivity (Wildman–Crippen MR) is 81.2 cm³/mol. The van der Waals surface area contributed by atoms with Gasteiger partial charge in [0.2, 0.25) is 5.88 Å². The van der Waals surface area contributed by atoms with Gasteiger partial charge >= 0.3 is 5.97 Å². The quantitative estimate of drug-likeness (QED) is 0.819. The zero-order valence-corrected chi connectivity index (χ0v) is 13.6. The highest BCUT2D eigenvalue weighted by molar-refractivity contribution is 5.89. The van der Waals surface area contributed by atoms with Crippen molar-refractivity contribution in [3.05, 3.63) is 40.6 Å². The lowest BCUT2D eigenvalue weighted by Gasteiger charge is -2.09. The number of carbonyl (C=O) groups excluding carboxylic acids is 1. The Morgan fingerprint density at radius 1 is 1.25 bits per heavy atom. The average molecular weight is 340 g/mol. The Labute approximate surface area is 137 Å². The van der Waals surface area contributed by atoms with E-state index in [0.717, 1.165) is 16.8 Å². The molecular weight excluding hydrogens is 322 g/mol. The SMILES string of the molecule is CCOC(=O)c1nn(Cc2c(F)cc(OCC)cc2F)c(O)c1C. The molecular formula is C16H18F2N2O4. The highest BCUT2D eigenvalue weighted by Gasteiger charge is 2.22. The summed E-state index contributed by atoms with van der Waals surface area (Å²) in [5, 5.41) is 13.9. The molecule has 1 aromatic carbocycles. The molecule has 0 fully saturated rings. The van der Waals surface area contributed by atoms with Gasteiger partial charge in [-0.3, -0.25) is 0 Å². The third kappa shape index (κ3) is 3.47. The van der Waals surface area contributed by atoms with E-state index in [-0.39, 0.29) is 48.2 Å². The topological polar surface area (TPSA) is 73.6 Å². The van der Waals surface area contributed by atoms with Gasteiger partial charge in [0.15, 0.2) is 5.69 Å². The summed E-state index contributed by atoms with van der Waals surface area (Å²) in [4.78, 5) is 11.8. The fourth-order valence-electron chi connectivity index (χ4n) is 2.18. The zero-order chi connectivity index (χ0) is 17.9. The van der Waals surface area contributed by atoms with E-state index in [1.165, 1.54) is 6.92 Å². The maximum atomic E-state index is 14.1. The first-order valence-corrected chi connectivity index (χ1v) is 7.43. The summed E-state index contributed by atoms with van der Waals surface area (Å²) in [6, 6.07) is 2.11. The first-order chi connectivity index (χ1) is 11.4. The molecule has 0 aliphatic carbocycles. The number of aromatic hydroxyl groups is 1. The van der Waals surface area contributed by atoms with Crippen LogP contribution in [0.5, 0.6) is 11.6 Å². The molecule has 0 aliphatic rings. The Balaban J connectivity index is 2.35. The van der Waals surface area contributed by atoms with E-state index >= 15 is 0 Å². The highest BCUT2D eigenvalue weighted by atomic mass is 19.1. The zero-order valence-electron chi connectivity index (χ0n) is 13.6. The molecule has 0 saturated carbocycles. The molecule has 1 aromatic heterocycles. The van der Waals surface area contributed by atoms with Crippen molar-refractivity contribution in [1.29, 1.82) is 0 Å². The third-order valence-electron chi connectivity index (χ3n) is 3.36. The number of rotatable bonds is 6. The van der Waals surface area contributed by atoms with Crippen LogP contribution < -0.4 is 4.74 Å². The lowest BCUT2D eigenvalue weighted by molar-refractivity contribution is 0.0517. The number of hydrogen-bond acceptors (Lipinski definition) is 5. The van der Waals surface area contributed by atoms with E-state index in [2.05, 4.69) is 5.10 Å². The van der Waals surface area contributed by atoms with Crippen LogP contribution in [0, 0.1) is 18.6 Å². The van der Waals surface area contributed by atoms with Gasteiger partial charge in [-0.15, -0.1) is 0 Å². The van der Waals surface area contributed by atoms with Crippen molar-refractivity contribution in [3.63, 3.8) is 0 Å². The summed E-state index contributed by atoms with van der Waals surface area (Å²) in [5.74, 6) is -2.65. The van der Waals surface area contributed by atoms with Gasteiger partial charge in [0, 0.05) is 23.3 Å². The Morgan fingerprint density at radius 3 is 2.42 bits per heavy atom. The van der Waals surface area contributed by atoms with Crippen LogP contribution in [0.2, 0.25) is 0 Å². The van der Waals surface area contributed by atoms with Gasteiger partial charge in [-0.2, -0.15) is 5.10 Å². The van der Waals surface area contributed by atoms with Gasteiger partial charge in [-0.05, 0) is 20.8 Å². The molecule has 6 nitrogen and oxygen atoms in total. The van der Waals surface area contributed by atoms with Crippen LogP contribution in [0.15, 0.2) is 12.1 Å². The van der Waals surface area contributed by atoms with Crippen LogP contribution in [0.4, 0.5) is 8.78 Å². The summed E-state index contributed by atoms with van der Waals surface area (Å²) in [7, 11) is 0. The number of aromatic nitrogens is 2. The van der Waals surface area contributed by atoms with Crippen molar-refractivity contribution < 1.29 is 28.2 Å². The minimum Gasteiger partial charge on any atom is -0.494 e. The monoisotopic (exact) mass is 340 g/mol. The number of hydrogen-bond donors (Lipinski definition) is 1. The Hall–Kier alpha value is -2.64. The molecule has 0 bridgehead atoms. The molecule has 130 valence electrons. The Bertz CT molecular complexity index is 736. The second kappa shape index (κ2) is 7.29. The van der Waals surface area contributed by atoms with E-state index < -0.39 is 17.6 Å². The van der Waals surface area contributed by atoms with Gasteiger partial charge < -0.3 is 14.6 Å². The molecule has 0 spiro atoms. The first kappa shape index (κ1) is 17.7. The lowest BCUT2D eigenvalue weighted by atomic mass is 10.2. The molecule has 0 aliphatic heterocycles. The normalized spacial score (nSPS) is 10.7. The van der Waals surface area contributed by atoms with Gasteiger partial charge in [0.05, 0.1) is 19.8 Å². The standard InChI is InChI=1S/C16H18F2N2O4/c1-4-23-10-6-12(17)11(13(18)7-10)8-20-15(21)9(3)14(19-20)16(22)24-5-2/h6-7,21H,4-5,8H2,1-3H3. The van der Waals surface area contributed by atoms with Gasteiger partial charge in [-0.1, -0.05) is 0 Å². The lowest BCUT2D eigenvalue weighted by Crippen LogP contribution is -2.10. The number of esters is 1. The van der Waals surface area contributed by atoms with Crippen molar-refractivity contribution in [2.45, 2.75) is 27.3 Å². The van der Waals surface area contributed by atoms with Gasteiger partial charge in [0.25, 0.3) is 0 Å². The molecule has 1 N–H and O–H groups in total. The summed E-state index contributed by atoms with van der Waals surface area (Å²) >= 11 is 0. The van der Waals surface area contributed by atoms with Crippen LogP contribution in [0.1, 0.15) is 35.5 Å². The highest BCUT2D eigenvalue weighted by Crippen LogP contribution is 2.25. The maximum absolute atomic E-state index is 14.1. The molecule has 0 unspecified atom stereocenters. The predicted octanol–water partition coefficient (Wildman–Crippen LogP) is 2.80. The fourth-order valence-corrected chi connectivity index (χ4v) is 2.18. The summed E-state index contributed by atoms with van der Waals surface area (Å²) in [6.45, 7) is 4.85. The molecule has 0 saturated heterocycles. The molecule has 0 radical (unpaired) electrons. The van der Waals surface area contributed by atoms with Crippen molar-refractivity contribution in [3.8, 4) is 11.6 Å². The summed E-state index contributed by atoms with van der Waals surface area (Å²) in [6.07, 6.45) is 0. The molecule has 2 rings (SSSR count). The van der Waals surface area contributed by atoms with Crippen LogP contribution in [-0.2, 0) is 11.3 Å². The van der Waals surface area contributed by atoms with Crippen molar-refractivity contribution >= 4 is 5.97 Å². The number of carbonyl (C=O) groups is 1. The number of halogens is 2. The minimum absolute atomic E-state index is 0.0735. The van der Waals surface area contributed by atoms with E-state index in [1.54, 1.807) is 13.8 Å². The Morgan fingerprint density at radius 2 is 1.88 bits per heavy atom. The largest absolute Gasteiger partial charge is 0.494 e. The molecule has 0 amide bonds. The Kier molecular flexibility index (Phi) is 5.38. The van der Waals surface area contributed by atoms with E-state index in [9.17, 15) is 18.7 Å². The number of benzene rings is 1. The van der Waals surface area contributed by atoms with Gasteiger partial charge in [-0.25, -0.2) is 18.3 Å². The smallest absolute Gasteiger partial charge is 0.359 e. The van der Waals surface area contributed by atoms with Crippen molar-refractivity contribution in [2.75, 3.05) is 13.2 Å². The molecule has 8 heteroatoms. The number of nitrogens with zero attached hydrogens (tertiary/aromatic N) is 2. The van der Waals surface area contributed by atoms with Crippen LogP contribution in [-0.4, -0.2) is 34.1 Å². The molecule has 1 heterocycles. The maximum Gasteiger partial charge on any atom is 0.359 e. The van der Waals surface area contributed by atoms with E-state index in [0.29, 0.717) is 0 Å². The van der Waals surface area contributed by atoms with E-state index in [4.69, 9.17) is 9.47 Å². The third-order valence-corrected chi connectivity index (χ3v) is 3.36. The van der Waals surface area contributed by atoms with Crippen molar-refractivity contribution in [2.24, 2.45) is 0 Å². The number of ether oxygens (including phenoxy) is 2. The average Bonchev–Trinajstić information content (AvgIpc) is 2.80. The minimum atomic E-state index is -0.830. The first-order valence-electron chi connectivity index (χ1n) is 7.43. The van der Waals surface area contributed by atoms with Crippen molar-refractivity contribution in [1.82, 2.24) is 9.78 Å². The molecule has 24 heavy (non-hydrogen) atoms. The molecule has 0 atom stereocenters. The van der Waals surface area contributed by atoms with Crippen LogP contribution >= 0.6 is 0 Å². The fraction of sp³-hybridized carbons (Fsp3) is 0.375.